The first-order valence-corrected chi connectivity index (χ1v) is 14.9. The maximum atomic E-state index is 13.7. The van der Waals surface area contributed by atoms with Gasteiger partial charge in [-0.15, -0.1) is 28.0 Å². The number of benzene rings is 1. The van der Waals surface area contributed by atoms with Crippen LogP contribution in [0.2, 0.25) is 0 Å². The number of sulfonamides is 1. The smallest absolute Gasteiger partial charge is 0.283 e. The Labute approximate surface area is 229 Å². The number of rotatable bonds is 6. The normalized spacial score (nSPS) is 18.8. The number of thiazole rings is 1. The molecule has 14 heteroatoms. The van der Waals surface area contributed by atoms with Crippen molar-refractivity contribution in [3.8, 4) is 12.3 Å². The van der Waals surface area contributed by atoms with E-state index in [1.165, 1.54) is 15.6 Å². The van der Waals surface area contributed by atoms with Gasteiger partial charge < -0.3 is 14.8 Å². The number of aromatic amines is 2. The molecule has 1 fully saturated rings. The van der Waals surface area contributed by atoms with E-state index in [9.17, 15) is 13.2 Å². The fourth-order valence-corrected chi connectivity index (χ4v) is 7.78. The molecule has 3 aromatic heterocycles. The Hall–Kier alpha value is -3.64. The Morgan fingerprint density at radius 2 is 2.13 bits per heavy atom. The van der Waals surface area contributed by atoms with Gasteiger partial charge in [-0.05, 0) is 37.7 Å². The van der Waals surface area contributed by atoms with Crippen molar-refractivity contribution in [3.63, 3.8) is 0 Å². The minimum Gasteiger partial charge on any atom is -0.345 e. The Balaban J connectivity index is 1.26. The lowest BCUT2D eigenvalue weighted by Crippen LogP contribution is -2.56. The van der Waals surface area contributed by atoms with Crippen LogP contribution in [0, 0.1) is 12.3 Å². The van der Waals surface area contributed by atoms with Crippen LogP contribution in [0.25, 0.3) is 10.9 Å². The van der Waals surface area contributed by atoms with Crippen LogP contribution in [0.5, 0.6) is 0 Å². The molecule has 0 spiro atoms. The van der Waals surface area contributed by atoms with Crippen LogP contribution in [0.1, 0.15) is 38.2 Å². The standard InChI is InChI=1S/C25H27N9O3S2/c1-3-16-4-6-19-17(12-16)13-23(26-19)39(36,37)33-10-11-34(18(14-33)5-7-22-28-30-31-29-22)25(35)24-27-20-8-9-32(2)15-21(20)38-24/h1,4,6,12-13,18,26H,5,7-11,14-15H2,2H3,(H,28,29,30,31). The highest BCUT2D eigenvalue weighted by Crippen LogP contribution is 2.29. The van der Waals surface area contributed by atoms with Gasteiger partial charge in [0.1, 0.15) is 5.03 Å². The van der Waals surface area contributed by atoms with Gasteiger partial charge in [0, 0.05) is 73.0 Å². The highest BCUT2D eigenvalue weighted by molar-refractivity contribution is 7.89. The number of hydrogen-bond acceptors (Lipinski definition) is 9. The summed E-state index contributed by atoms with van der Waals surface area (Å²) in [5.41, 5.74) is 2.35. The fraction of sp³-hybridized carbons (Fsp3) is 0.400. The van der Waals surface area contributed by atoms with E-state index in [-0.39, 0.29) is 36.6 Å². The predicted octanol–water partition coefficient (Wildman–Crippen LogP) is 1.25. The highest BCUT2D eigenvalue weighted by Gasteiger charge is 2.38. The third-order valence-corrected chi connectivity index (χ3v) is 10.1. The van der Waals surface area contributed by atoms with Gasteiger partial charge in [0.05, 0.1) is 5.69 Å². The zero-order chi connectivity index (χ0) is 27.1. The van der Waals surface area contributed by atoms with Gasteiger partial charge in [-0.1, -0.05) is 11.1 Å². The number of terminal acetylenes is 1. The van der Waals surface area contributed by atoms with Crippen LogP contribution in [0.4, 0.5) is 0 Å². The second-order valence-electron chi connectivity index (χ2n) is 9.84. The van der Waals surface area contributed by atoms with Crippen LogP contribution in [-0.2, 0) is 29.4 Å². The van der Waals surface area contributed by atoms with Crippen molar-refractivity contribution in [2.45, 2.75) is 36.9 Å². The summed E-state index contributed by atoms with van der Waals surface area (Å²) in [6.07, 6.45) is 7.24. The first-order valence-electron chi connectivity index (χ1n) is 12.6. The molecule has 5 heterocycles. The molecule has 1 amide bonds. The van der Waals surface area contributed by atoms with Gasteiger partial charge in [0.25, 0.3) is 15.9 Å². The first kappa shape index (κ1) is 25.6. The molecule has 0 radical (unpaired) electrons. The quantitative estimate of drug-likeness (QED) is 0.333. The molecule has 2 N–H and O–H groups in total. The fourth-order valence-electron chi connectivity index (χ4n) is 5.16. The van der Waals surface area contributed by atoms with Crippen molar-refractivity contribution in [1.29, 1.82) is 0 Å². The van der Waals surface area contributed by atoms with Crippen molar-refractivity contribution >= 4 is 38.2 Å². The van der Waals surface area contributed by atoms with E-state index in [4.69, 9.17) is 6.42 Å². The molecular weight excluding hydrogens is 538 g/mol. The van der Waals surface area contributed by atoms with Crippen molar-refractivity contribution in [2.24, 2.45) is 0 Å². The summed E-state index contributed by atoms with van der Waals surface area (Å²) in [6, 6.07) is 6.54. The van der Waals surface area contributed by atoms with Gasteiger partial charge in [-0.2, -0.15) is 9.52 Å². The number of piperazine rings is 1. The third kappa shape index (κ3) is 4.94. The molecule has 1 atom stereocenters. The molecule has 0 saturated carbocycles. The lowest BCUT2D eigenvalue weighted by molar-refractivity contribution is 0.0550. The molecule has 0 bridgehead atoms. The second-order valence-corrected chi connectivity index (χ2v) is 12.8. The number of aryl methyl sites for hydroxylation is 1. The largest absolute Gasteiger partial charge is 0.345 e. The predicted molar refractivity (Wildman–Crippen MR) is 144 cm³/mol. The van der Waals surface area contributed by atoms with Crippen molar-refractivity contribution < 1.29 is 13.2 Å². The molecule has 202 valence electrons. The average Bonchev–Trinajstić information content (AvgIpc) is 3.70. The summed E-state index contributed by atoms with van der Waals surface area (Å²) >= 11 is 1.43. The minimum absolute atomic E-state index is 0.0973. The zero-order valence-corrected chi connectivity index (χ0v) is 22.9. The van der Waals surface area contributed by atoms with E-state index in [1.54, 1.807) is 29.2 Å². The number of carbonyl (C=O) groups excluding carboxylic acids is 1. The number of nitrogens with one attached hydrogen (secondary N) is 2. The van der Waals surface area contributed by atoms with E-state index in [1.807, 2.05) is 0 Å². The number of nitrogens with zero attached hydrogens (tertiary/aromatic N) is 7. The Bertz CT molecular complexity index is 1670. The second kappa shape index (κ2) is 10.2. The number of hydrogen-bond donors (Lipinski definition) is 2. The van der Waals surface area contributed by atoms with Crippen LogP contribution in [0.15, 0.2) is 29.3 Å². The highest BCUT2D eigenvalue weighted by atomic mass is 32.2. The molecule has 1 saturated heterocycles. The Morgan fingerprint density at radius 1 is 1.26 bits per heavy atom. The Kier molecular flexibility index (Phi) is 6.67. The summed E-state index contributed by atoms with van der Waals surface area (Å²) < 4.78 is 28.8. The number of H-pyrrole nitrogens is 2. The lowest BCUT2D eigenvalue weighted by atomic mass is 10.1. The number of aromatic nitrogens is 6. The van der Waals surface area contributed by atoms with E-state index < -0.39 is 10.0 Å². The molecular formula is C25H27N9O3S2. The monoisotopic (exact) mass is 565 g/mol. The van der Waals surface area contributed by atoms with E-state index in [2.05, 4.69) is 48.5 Å². The molecule has 1 unspecified atom stereocenters. The summed E-state index contributed by atoms with van der Waals surface area (Å²) in [5.74, 6) is 2.92. The van der Waals surface area contributed by atoms with Crippen LogP contribution in [-0.4, -0.2) is 98.3 Å². The number of tetrazole rings is 1. The third-order valence-electron chi connectivity index (χ3n) is 7.28. The molecule has 0 aliphatic carbocycles. The first-order chi connectivity index (χ1) is 18.8. The maximum absolute atomic E-state index is 13.7. The van der Waals surface area contributed by atoms with Crippen LogP contribution >= 0.6 is 11.3 Å². The number of carbonyl (C=O) groups is 1. The summed E-state index contributed by atoms with van der Waals surface area (Å²) in [5, 5.41) is 15.4. The van der Waals surface area contributed by atoms with Crippen molar-refractivity contribution in [2.75, 3.05) is 33.2 Å². The lowest BCUT2D eigenvalue weighted by Gasteiger charge is -2.40. The van der Waals surface area contributed by atoms with Gasteiger partial charge in [0.2, 0.25) is 0 Å². The van der Waals surface area contributed by atoms with E-state index in [0.717, 1.165) is 35.5 Å². The number of fused-ring (bicyclic) bond motifs is 2. The zero-order valence-electron chi connectivity index (χ0n) is 21.3. The summed E-state index contributed by atoms with van der Waals surface area (Å²) in [6.45, 7) is 2.25. The van der Waals surface area contributed by atoms with Gasteiger partial charge >= 0.3 is 0 Å². The molecule has 1 aromatic carbocycles. The van der Waals surface area contributed by atoms with Gasteiger partial charge in [-0.3, -0.25) is 4.79 Å². The maximum Gasteiger partial charge on any atom is 0.283 e. The molecule has 6 rings (SSSR count). The molecule has 2 aliphatic heterocycles. The minimum atomic E-state index is -3.85. The van der Waals surface area contributed by atoms with E-state index >= 15 is 0 Å². The Morgan fingerprint density at radius 3 is 2.92 bits per heavy atom. The average molecular weight is 566 g/mol. The molecule has 39 heavy (non-hydrogen) atoms. The molecule has 12 nitrogen and oxygen atoms in total. The van der Waals surface area contributed by atoms with Gasteiger partial charge in [0.15, 0.2) is 10.8 Å². The SMILES string of the molecule is C#Cc1ccc2[nH]c(S(=O)(=O)N3CCN(C(=O)c4nc5c(s4)CN(C)CC5)C(CCc4nn[nH]n4)C3)cc2c1. The number of likely N-dealkylation sites (N-methyl/N-ethyl adjacent to an activating group) is 1. The van der Waals surface area contributed by atoms with Crippen molar-refractivity contribution in [3.05, 3.63) is 51.2 Å². The van der Waals surface area contributed by atoms with Crippen molar-refractivity contribution in [1.82, 2.24) is 44.7 Å². The summed E-state index contributed by atoms with van der Waals surface area (Å²) in [4.78, 5) is 26.5. The number of amides is 1. The topological polar surface area (TPSA) is 144 Å². The van der Waals surface area contributed by atoms with Gasteiger partial charge in [-0.25, -0.2) is 13.4 Å². The van der Waals surface area contributed by atoms with E-state index in [0.29, 0.717) is 34.8 Å². The summed E-state index contributed by atoms with van der Waals surface area (Å²) in [7, 11) is -1.80. The van der Waals surface area contributed by atoms with Crippen LogP contribution in [0.3, 0.4) is 0 Å². The molecule has 4 aromatic rings. The molecule has 2 aliphatic rings. The van der Waals surface area contributed by atoms with Crippen LogP contribution < -0.4 is 0 Å².